The fourth-order valence-corrected chi connectivity index (χ4v) is 2.50. The van der Waals surface area contributed by atoms with Crippen molar-refractivity contribution < 1.29 is 14.3 Å². The Bertz CT molecular complexity index is 961. The van der Waals surface area contributed by atoms with E-state index >= 15 is 0 Å². The maximum Gasteiger partial charge on any atom is 0.306 e. The number of aromatic nitrogens is 2. The number of H-pyrrole nitrogens is 1. The van der Waals surface area contributed by atoms with E-state index in [9.17, 15) is 19.6 Å². The van der Waals surface area contributed by atoms with Crippen molar-refractivity contribution in [3.05, 3.63) is 40.4 Å². The first kappa shape index (κ1) is 21.1. The van der Waals surface area contributed by atoms with Crippen LogP contribution >= 0.6 is 0 Å². The highest BCUT2D eigenvalue weighted by molar-refractivity contribution is 5.81. The van der Waals surface area contributed by atoms with Crippen LogP contribution in [0.1, 0.15) is 39.4 Å². The Morgan fingerprint density at radius 1 is 1.36 bits per heavy atom. The van der Waals surface area contributed by atoms with Crippen LogP contribution in [0.5, 0.6) is 0 Å². The summed E-state index contributed by atoms with van der Waals surface area (Å²) in [7, 11) is 0. The summed E-state index contributed by atoms with van der Waals surface area (Å²) in [6, 6.07) is 9.09. The van der Waals surface area contributed by atoms with Crippen LogP contribution in [-0.2, 0) is 20.7 Å². The second-order valence-electron chi connectivity index (χ2n) is 7.06. The summed E-state index contributed by atoms with van der Waals surface area (Å²) in [5, 5.41) is 12.3. The van der Waals surface area contributed by atoms with Gasteiger partial charge in [0, 0.05) is 12.8 Å². The van der Waals surface area contributed by atoms with Crippen LogP contribution in [-0.4, -0.2) is 34.0 Å². The molecule has 0 aliphatic carbocycles. The maximum absolute atomic E-state index is 12.0. The number of benzene rings is 1. The minimum atomic E-state index is -1.02. The number of esters is 1. The molecule has 2 aromatic rings. The molecule has 1 heterocycles. The van der Waals surface area contributed by atoms with E-state index in [1.807, 2.05) is 13.8 Å². The minimum absolute atomic E-state index is 0.0868. The summed E-state index contributed by atoms with van der Waals surface area (Å²) < 4.78 is 4.95. The molecule has 8 nitrogen and oxygen atoms in total. The molecule has 1 aromatic heterocycles. The van der Waals surface area contributed by atoms with Crippen molar-refractivity contribution in [3.63, 3.8) is 0 Å². The Labute approximate surface area is 162 Å². The molecule has 0 saturated heterocycles. The number of hydrogen-bond donors (Lipinski definition) is 2. The molecule has 0 spiro atoms. The zero-order valence-electron chi connectivity index (χ0n) is 16.2. The van der Waals surface area contributed by atoms with Crippen LogP contribution in [0.25, 0.3) is 10.9 Å². The van der Waals surface area contributed by atoms with Gasteiger partial charge in [-0.2, -0.15) is 5.26 Å². The number of aromatic amines is 1. The minimum Gasteiger partial charge on any atom is -0.456 e. The zero-order chi connectivity index (χ0) is 20.7. The quantitative estimate of drug-likeness (QED) is 0.669. The second kappa shape index (κ2) is 9.13. The van der Waals surface area contributed by atoms with E-state index in [-0.39, 0.29) is 17.9 Å². The normalized spacial score (nSPS) is 13.0. The zero-order valence-corrected chi connectivity index (χ0v) is 16.2. The fraction of sp³-hybridized carbons (Fsp3) is 0.450. The molecule has 1 aromatic carbocycles. The number of carbonyl (C=O) groups is 2. The van der Waals surface area contributed by atoms with E-state index in [1.54, 1.807) is 31.2 Å². The molecule has 0 fully saturated rings. The van der Waals surface area contributed by atoms with Crippen molar-refractivity contribution in [2.24, 2.45) is 5.92 Å². The first-order valence-corrected chi connectivity index (χ1v) is 9.11. The van der Waals surface area contributed by atoms with Crippen molar-refractivity contribution in [1.82, 2.24) is 15.3 Å². The number of nitrogens with zero attached hydrogens (tertiary/aromatic N) is 2. The third-order valence-electron chi connectivity index (χ3n) is 4.61. The van der Waals surface area contributed by atoms with Crippen molar-refractivity contribution in [3.8, 4) is 6.07 Å². The number of rotatable bonds is 8. The Morgan fingerprint density at radius 2 is 2.07 bits per heavy atom. The van der Waals surface area contributed by atoms with Gasteiger partial charge >= 0.3 is 5.97 Å². The van der Waals surface area contributed by atoms with Crippen LogP contribution < -0.4 is 10.9 Å². The summed E-state index contributed by atoms with van der Waals surface area (Å²) in [4.78, 5) is 42.8. The topological polar surface area (TPSA) is 125 Å². The Balaban J connectivity index is 1.80. The smallest absolute Gasteiger partial charge is 0.306 e. The number of carbonyl (C=O) groups excluding carboxylic acids is 2. The average Bonchev–Trinajstić information content (AvgIpc) is 2.66. The monoisotopic (exact) mass is 384 g/mol. The summed E-state index contributed by atoms with van der Waals surface area (Å²) in [6.45, 7) is 4.82. The highest BCUT2D eigenvalue weighted by Crippen LogP contribution is 2.14. The fourth-order valence-electron chi connectivity index (χ4n) is 2.50. The van der Waals surface area contributed by atoms with Crippen LogP contribution in [0.2, 0.25) is 0 Å². The summed E-state index contributed by atoms with van der Waals surface area (Å²) >= 11 is 0. The standard InChI is InChI=1S/C20H24N4O4/c1-13(2)20(3,12-21)24-17(25)11-28-18(26)10-6-9-16-22-15-8-5-4-7-14(15)19(27)23-16/h4-5,7-8,13H,6,9-11H2,1-3H3,(H,24,25)(H,22,23,27)/t20-/m0/s1. The molecule has 2 rings (SSSR count). The van der Waals surface area contributed by atoms with E-state index in [0.29, 0.717) is 29.6 Å². The number of para-hydroxylation sites is 1. The first-order chi connectivity index (χ1) is 13.2. The molecule has 0 aliphatic rings. The van der Waals surface area contributed by atoms with Crippen molar-refractivity contribution >= 4 is 22.8 Å². The van der Waals surface area contributed by atoms with Gasteiger partial charge in [-0.1, -0.05) is 26.0 Å². The van der Waals surface area contributed by atoms with Crippen LogP contribution in [0.15, 0.2) is 29.1 Å². The van der Waals surface area contributed by atoms with E-state index in [0.717, 1.165) is 0 Å². The van der Waals surface area contributed by atoms with Gasteiger partial charge in [0.2, 0.25) is 0 Å². The molecular formula is C20H24N4O4. The lowest BCUT2D eigenvalue weighted by atomic mass is 9.90. The van der Waals surface area contributed by atoms with Crippen molar-refractivity contribution in [2.75, 3.05) is 6.61 Å². The molecule has 0 unspecified atom stereocenters. The highest BCUT2D eigenvalue weighted by atomic mass is 16.5. The van der Waals surface area contributed by atoms with E-state index in [2.05, 4.69) is 21.4 Å². The van der Waals surface area contributed by atoms with Gasteiger partial charge in [-0.25, -0.2) is 4.98 Å². The maximum atomic E-state index is 12.0. The number of aryl methyl sites for hydroxylation is 1. The Morgan fingerprint density at radius 3 is 2.75 bits per heavy atom. The van der Waals surface area contributed by atoms with Gasteiger partial charge in [0.25, 0.3) is 11.5 Å². The summed E-state index contributed by atoms with van der Waals surface area (Å²) in [5.74, 6) is -0.641. The molecule has 8 heteroatoms. The van der Waals surface area contributed by atoms with Crippen LogP contribution in [0.3, 0.4) is 0 Å². The van der Waals surface area contributed by atoms with Gasteiger partial charge < -0.3 is 15.0 Å². The van der Waals surface area contributed by atoms with Gasteiger partial charge in [0.05, 0.1) is 17.0 Å². The lowest BCUT2D eigenvalue weighted by molar-refractivity contribution is -0.149. The van der Waals surface area contributed by atoms with Gasteiger partial charge in [0.1, 0.15) is 11.4 Å². The van der Waals surface area contributed by atoms with Crippen molar-refractivity contribution in [2.45, 2.75) is 45.6 Å². The predicted molar refractivity (Wildman–Crippen MR) is 103 cm³/mol. The number of ether oxygens (including phenoxy) is 1. The number of hydrogen-bond acceptors (Lipinski definition) is 6. The Kier molecular flexibility index (Phi) is 6.88. The molecule has 2 N–H and O–H groups in total. The van der Waals surface area contributed by atoms with Crippen molar-refractivity contribution in [1.29, 1.82) is 5.26 Å². The third-order valence-corrected chi connectivity index (χ3v) is 4.61. The number of nitrogens with one attached hydrogen (secondary N) is 2. The molecule has 1 amide bonds. The number of amides is 1. The van der Waals surface area contributed by atoms with Gasteiger partial charge in [-0.3, -0.25) is 14.4 Å². The molecule has 1 atom stereocenters. The largest absolute Gasteiger partial charge is 0.456 e. The summed E-state index contributed by atoms with van der Waals surface area (Å²) in [6.07, 6.45) is 0.911. The predicted octanol–water partition coefficient (Wildman–Crippen LogP) is 1.84. The molecule has 0 saturated carbocycles. The van der Waals surface area contributed by atoms with E-state index in [4.69, 9.17) is 4.74 Å². The molecule has 0 aliphatic heterocycles. The molecule has 0 bridgehead atoms. The van der Waals surface area contributed by atoms with Gasteiger partial charge in [-0.15, -0.1) is 0 Å². The average molecular weight is 384 g/mol. The van der Waals surface area contributed by atoms with Gasteiger partial charge in [-0.05, 0) is 31.4 Å². The molecule has 28 heavy (non-hydrogen) atoms. The Hall–Kier alpha value is -3.21. The van der Waals surface area contributed by atoms with E-state index < -0.39 is 24.0 Å². The molecular weight excluding hydrogens is 360 g/mol. The van der Waals surface area contributed by atoms with Crippen LogP contribution in [0.4, 0.5) is 0 Å². The lowest BCUT2D eigenvalue weighted by Crippen LogP contribution is -2.50. The summed E-state index contributed by atoms with van der Waals surface area (Å²) in [5.41, 5.74) is -0.631. The SMILES string of the molecule is CC(C)[C@](C)(C#N)NC(=O)COC(=O)CCCc1nc2ccccc2c(=O)[nH]1. The van der Waals surface area contributed by atoms with E-state index in [1.165, 1.54) is 0 Å². The number of fused-ring (bicyclic) bond motifs is 1. The third kappa shape index (κ3) is 5.39. The number of nitriles is 1. The molecule has 0 radical (unpaired) electrons. The van der Waals surface area contributed by atoms with Gasteiger partial charge in [0.15, 0.2) is 6.61 Å². The van der Waals surface area contributed by atoms with Crippen LogP contribution in [0, 0.1) is 17.2 Å². The lowest BCUT2D eigenvalue weighted by Gasteiger charge is -2.27. The highest BCUT2D eigenvalue weighted by Gasteiger charge is 2.30. The molecule has 148 valence electrons. The first-order valence-electron chi connectivity index (χ1n) is 9.11. The second-order valence-corrected chi connectivity index (χ2v) is 7.06.